The van der Waals surface area contributed by atoms with Crippen LogP contribution in [0.2, 0.25) is 0 Å². The Kier molecular flexibility index (Phi) is 6.83. The maximum atomic E-state index is 12.8. The molecule has 0 aromatic heterocycles. The summed E-state index contributed by atoms with van der Waals surface area (Å²) >= 11 is 3.42. The molecular formula is C20H24BrNO4S. The van der Waals surface area contributed by atoms with Gasteiger partial charge in [0.2, 0.25) is 10.0 Å². The number of carbonyl (C=O) groups is 1. The van der Waals surface area contributed by atoms with Crippen molar-refractivity contribution in [2.45, 2.75) is 44.6 Å². The van der Waals surface area contributed by atoms with E-state index in [4.69, 9.17) is 4.74 Å². The summed E-state index contributed by atoms with van der Waals surface area (Å²) in [5, 5.41) is 0. The highest BCUT2D eigenvalue weighted by Gasteiger charge is 2.21. The predicted octanol–water partition coefficient (Wildman–Crippen LogP) is 4.43. The topological polar surface area (TPSA) is 72.5 Å². The van der Waals surface area contributed by atoms with Crippen molar-refractivity contribution in [3.8, 4) is 11.1 Å². The lowest BCUT2D eigenvalue weighted by molar-refractivity contribution is -0.154. The molecule has 27 heavy (non-hydrogen) atoms. The molecule has 0 aliphatic carbocycles. The van der Waals surface area contributed by atoms with Crippen LogP contribution in [0.15, 0.2) is 51.8 Å². The molecule has 0 spiro atoms. The van der Waals surface area contributed by atoms with Crippen LogP contribution >= 0.6 is 15.9 Å². The SMILES string of the molecule is Cc1ccc(S(=O)(=O)NCCC(=O)OC(C)(C)C)c(-c2cccc(Br)c2)c1. The minimum absolute atomic E-state index is 0.0248. The monoisotopic (exact) mass is 453 g/mol. The first-order chi connectivity index (χ1) is 12.5. The van der Waals surface area contributed by atoms with Crippen LogP contribution in [0.1, 0.15) is 32.8 Å². The quantitative estimate of drug-likeness (QED) is 0.656. The summed E-state index contributed by atoms with van der Waals surface area (Å²) < 4.78 is 34.2. The van der Waals surface area contributed by atoms with Gasteiger partial charge < -0.3 is 4.74 Å². The summed E-state index contributed by atoms with van der Waals surface area (Å²) in [6.45, 7) is 7.19. The zero-order valence-electron chi connectivity index (χ0n) is 15.9. The molecule has 2 aromatic carbocycles. The molecule has 0 saturated heterocycles. The van der Waals surface area contributed by atoms with E-state index in [1.807, 2.05) is 37.3 Å². The number of rotatable bonds is 6. The van der Waals surface area contributed by atoms with E-state index in [1.165, 1.54) is 0 Å². The van der Waals surface area contributed by atoms with E-state index in [2.05, 4.69) is 20.7 Å². The molecule has 0 aliphatic rings. The van der Waals surface area contributed by atoms with Crippen LogP contribution in [0, 0.1) is 6.92 Å². The molecule has 0 aliphatic heterocycles. The predicted molar refractivity (Wildman–Crippen MR) is 110 cm³/mol. The van der Waals surface area contributed by atoms with Gasteiger partial charge >= 0.3 is 5.97 Å². The number of halogens is 1. The molecule has 0 atom stereocenters. The number of hydrogen-bond acceptors (Lipinski definition) is 4. The third-order valence-corrected chi connectivity index (χ3v) is 5.61. The molecule has 0 saturated carbocycles. The minimum Gasteiger partial charge on any atom is -0.460 e. The van der Waals surface area contributed by atoms with E-state index >= 15 is 0 Å². The largest absolute Gasteiger partial charge is 0.460 e. The van der Waals surface area contributed by atoms with Crippen molar-refractivity contribution in [2.75, 3.05) is 6.54 Å². The van der Waals surface area contributed by atoms with Crippen LogP contribution in [0.4, 0.5) is 0 Å². The number of sulfonamides is 1. The van der Waals surface area contributed by atoms with Gasteiger partial charge in [0.15, 0.2) is 0 Å². The summed E-state index contributed by atoms with van der Waals surface area (Å²) in [7, 11) is -3.78. The summed E-state index contributed by atoms with van der Waals surface area (Å²) in [5.41, 5.74) is 1.76. The van der Waals surface area contributed by atoms with E-state index in [9.17, 15) is 13.2 Å². The second kappa shape index (κ2) is 8.54. The second-order valence-electron chi connectivity index (χ2n) is 7.24. The van der Waals surface area contributed by atoms with E-state index in [0.717, 1.165) is 15.6 Å². The Morgan fingerprint density at radius 3 is 2.48 bits per heavy atom. The molecule has 1 N–H and O–H groups in total. The number of carbonyl (C=O) groups excluding carboxylic acids is 1. The Hall–Kier alpha value is -1.70. The smallest absolute Gasteiger partial charge is 0.307 e. The highest BCUT2D eigenvalue weighted by molar-refractivity contribution is 9.10. The number of esters is 1. The van der Waals surface area contributed by atoms with Gasteiger partial charge in [0, 0.05) is 16.6 Å². The molecule has 146 valence electrons. The van der Waals surface area contributed by atoms with Crippen LogP contribution in [-0.4, -0.2) is 26.5 Å². The Morgan fingerprint density at radius 1 is 1.15 bits per heavy atom. The first kappa shape index (κ1) is 21.6. The molecule has 0 fully saturated rings. The molecule has 0 unspecified atom stereocenters. The molecule has 2 rings (SSSR count). The summed E-state index contributed by atoms with van der Waals surface area (Å²) in [6.07, 6.45) is -0.0332. The van der Waals surface area contributed by atoms with Crippen molar-refractivity contribution in [3.63, 3.8) is 0 Å². The molecule has 5 nitrogen and oxygen atoms in total. The standard InChI is InChI=1S/C20H24BrNO4S/c1-14-8-9-18(17(12-14)15-6-5-7-16(21)13-15)27(24,25)22-11-10-19(23)26-20(2,3)4/h5-9,12-13,22H,10-11H2,1-4H3. The third kappa shape index (κ3) is 6.45. The van der Waals surface area contributed by atoms with E-state index < -0.39 is 21.6 Å². The highest BCUT2D eigenvalue weighted by Crippen LogP contribution is 2.30. The average molecular weight is 454 g/mol. The van der Waals surface area contributed by atoms with Crippen molar-refractivity contribution in [3.05, 3.63) is 52.5 Å². The summed E-state index contributed by atoms with van der Waals surface area (Å²) in [4.78, 5) is 12.0. The van der Waals surface area contributed by atoms with Gasteiger partial charge in [0.05, 0.1) is 11.3 Å². The summed E-state index contributed by atoms with van der Waals surface area (Å²) in [5.74, 6) is -0.443. The first-order valence-corrected chi connectivity index (χ1v) is 10.8. The van der Waals surface area contributed by atoms with Crippen molar-refractivity contribution >= 4 is 31.9 Å². The van der Waals surface area contributed by atoms with E-state index in [1.54, 1.807) is 32.9 Å². The minimum atomic E-state index is -3.78. The lowest BCUT2D eigenvalue weighted by atomic mass is 10.0. The number of nitrogens with one attached hydrogen (secondary N) is 1. The average Bonchev–Trinajstić information content (AvgIpc) is 2.52. The first-order valence-electron chi connectivity index (χ1n) is 8.56. The van der Waals surface area contributed by atoms with Gasteiger partial charge in [-0.3, -0.25) is 4.79 Å². The van der Waals surface area contributed by atoms with Crippen molar-refractivity contribution in [2.24, 2.45) is 0 Å². The molecule has 0 bridgehead atoms. The van der Waals surface area contributed by atoms with Gasteiger partial charge in [-0.15, -0.1) is 0 Å². The van der Waals surface area contributed by atoms with Crippen LogP contribution < -0.4 is 4.72 Å². The van der Waals surface area contributed by atoms with Crippen LogP contribution in [-0.2, 0) is 19.6 Å². The number of ether oxygens (including phenoxy) is 1. The third-order valence-electron chi connectivity index (χ3n) is 3.60. The van der Waals surface area contributed by atoms with Gasteiger partial charge in [0.25, 0.3) is 0 Å². The number of hydrogen-bond donors (Lipinski definition) is 1. The van der Waals surface area contributed by atoms with Gasteiger partial charge in [-0.05, 0) is 51.5 Å². The molecule has 2 aromatic rings. The zero-order chi connectivity index (χ0) is 20.2. The fourth-order valence-electron chi connectivity index (χ4n) is 2.52. The molecule has 0 amide bonds. The zero-order valence-corrected chi connectivity index (χ0v) is 18.3. The summed E-state index contributed by atoms with van der Waals surface area (Å²) in [6, 6.07) is 12.6. The van der Waals surface area contributed by atoms with Crippen molar-refractivity contribution in [1.82, 2.24) is 4.72 Å². The van der Waals surface area contributed by atoms with Crippen LogP contribution in [0.25, 0.3) is 11.1 Å². The molecule has 7 heteroatoms. The molecule has 0 heterocycles. The number of benzene rings is 2. The van der Waals surface area contributed by atoms with Gasteiger partial charge in [-0.25, -0.2) is 13.1 Å². The highest BCUT2D eigenvalue weighted by atomic mass is 79.9. The Labute approximate surface area is 169 Å². The van der Waals surface area contributed by atoms with Crippen molar-refractivity contribution < 1.29 is 17.9 Å². The maximum Gasteiger partial charge on any atom is 0.307 e. The Balaban J connectivity index is 2.22. The van der Waals surface area contributed by atoms with Gasteiger partial charge in [0.1, 0.15) is 5.60 Å². The van der Waals surface area contributed by atoms with Gasteiger partial charge in [-0.1, -0.05) is 45.8 Å². The maximum absolute atomic E-state index is 12.8. The fourth-order valence-corrected chi connectivity index (χ4v) is 4.16. The lowest BCUT2D eigenvalue weighted by Gasteiger charge is -2.19. The fraction of sp³-hybridized carbons (Fsp3) is 0.350. The van der Waals surface area contributed by atoms with E-state index in [-0.39, 0.29) is 17.9 Å². The van der Waals surface area contributed by atoms with Crippen LogP contribution in [0.5, 0.6) is 0 Å². The molecular weight excluding hydrogens is 430 g/mol. The lowest BCUT2D eigenvalue weighted by Crippen LogP contribution is -2.30. The number of aryl methyl sites for hydroxylation is 1. The molecule has 0 radical (unpaired) electrons. The van der Waals surface area contributed by atoms with Gasteiger partial charge in [-0.2, -0.15) is 0 Å². The second-order valence-corrected chi connectivity index (χ2v) is 9.90. The van der Waals surface area contributed by atoms with Crippen molar-refractivity contribution in [1.29, 1.82) is 0 Å². The van der Waals surface area contributed by atoms with E-state index in [0.29, 0.717) is 5.56 Å². The normalized spacial score (nSPS) is 12.0. The Bertz CT molecular complexity index is 933. The van der Waals surface area contributed by atoms with Crippen LogP contribution in [0.3, 0.4) is 0 Å². The Morgan fingerprint density at radius 2 is 1.85 bits per heavy atom.